The number of thioether (sulfide) groups is 1. The lowest BCUT2D eigenvalue weighted by Gasteiger charge is -2.21. The van der Waals surface area contributed by atoms with Crippen molar-refractivity contribution in [3.8, 4) is 0 Å². The van der Waals surface area contributed by atoms with E-state index in [-0.39, 0.29) is 11.7 Å². The van der Waals surface area contributed by atoms with Crippen molar-refractivity contribution in [3.05, 3.63) is 27.9 Å². The van der Waals surface area contributed by atoms with Gasteiger partial charge in [0.15, 0.2) is 0 Å². The van der Waals surface area contributed by atoms with Crippen molar-refractivity contribution >= 4 is 11.8 Å². The van der Waals surface area contributed by atoms with Crippen molar-refractivity contribution in [3.63, 3.8) is 0 Å². The van der Waals surface area contributed by atoms with E-state index in [0.717, 1.165) is 17.2 Å². The molecule has 18 heavy (non-hydrogen) atoms. The first-order valence-electron chi connectivity index (χ1n) is 6.18. The van der Waals surface area contributed by atoms with Crippen LogP contribution < -0.4 is 10.9 Å². The Morgan fingerprint density at radius 1 is 1.67 bits per heavy atom. The molecule has 1 saturated heterocycles. The predicted octanol–water partition coefficient (Wildman–Crippen LogP) is 1.07. The summed E-state index contributed by atoms with van der Waals surface area (Å²) in [6, 6.07) is 1.91. The number of aromatic nitrogens is 2. The van der Waals surface area contributed by atoms with Crippen LogP contribution in [0.4, 0.5) is 0 Å². The number of aromatic amines is 1. The molecule has 100 valence electrons. The minimum atomic E-state index is -0.111. The number of rotatable bonds is 4. The van der Waals surface area contributed by atoms with Gasteiger partial charge in [0, 0.05) is 30.2 Å². The normalized spacial score (nSPS) is 20.3. The number of nitrogens with one attached hydrogen (secondary N) is 2. The Hall–Kier alpha value is -0.850. The molecule has 0 bridgehead atoms. The van der Waals surface area contributed by atoms with Crippen LogP contribution in [-0.2, 0) is 11.3 Å². The van der Waals surface area contributed by atoms with Gasteiger partial charge in [0.1, 0.15) is 11.9 Å². The molecule has 2 heterocycles. The van der Waals surface area contributed by atoms with Gasteiger partial charge < -0.3 is 15.0 Å². The van der Waals surface area contributed by atoms with Crippen LogP contribution in [0.2, 0.25) is 0 Å². The molecule has 1 aromatic rings. The highest BCUT2D eigenvalue weighted by Crippen LogP contribution is 2.23. The van der Waals surface area contributed by atoms with Crippen molar-refractivity contribution in [2.45, 2.75) is 32.5 Å². The molecule has 1 aromatic heterocycles. The Balaban J connectivity index is 2.12. The third-order valence-electron chi connectivity index (χ3n) is 2.63. The van der Waals surface area contributed by atoms with Gasteiger partial charge in [-0.1, -0.05) is 13.8 Å². The van der Waals surface area contributed by atoms with Crippen LogP contribution in [0.3, 0.4) is 0 Å². The molecule has 1 fully saturated rings. The molecule has 0 radical (unpaired) electrons. The van der Waals surface area contributed by atoms with E-state index in [1.807, 2.05) is 11.8 Å². The molecule has 2 N–H and O–H groups in total. The number of hydrogen-bond donors (Lipinski definition) is 2. The zero-order valence-electron chi connectivity index (χ0n) is 10.7. The molecular weight excluding hydrogens is 250 g/mol. The lowest BCUT2D eigenvalue weighted by atomic mass is 10.3. The largest absolute Gasteiger partial charge is 0.369 e. The van der Waals surface area contributed by atoms with Crippen LogP contribution in [0.25, 0.3) is 0 Å². The van der Waals surface area contributed by atoms with E-state index in [0.29, 0.717) is 25.0 Å². The van der Waals surface area contributed by atoms with Crippen LogP contribution in [0.5, 0.6) is 0 Å². The standard InChI is InChI=1S/C12H19N3O2S/c1-8(2)13-6-9-5-11(16)15-12(14-9)10-7-18-4-3-17-10/h5,8,10,13H,3-4,6-7H2,1-2H3,(H,14,15,16). The fraction of sp³-hybridized carbons (Fsp3) is 0.667. The smallest absolute Gasteiger partial charge is 0.251 e. The van der Waals surface area contributed by atoms with Crippen LogP contribution >= 0.6 is 11.8 Å². The summed E-state index contributed by atoms with van der Waals surface area (Å²) in [6.07, 6.45) is -0.0875. The summed E-state index contributed by atoms with van der Waals surface area (Å²) < 4.78 is 5.63. The first-order valence-corrected chi connectivity index (χ1v) is 7.33. The number of H-pyrrole nitrogens is 1. The van der Waals surface area contributed by atoms with Gasteiger partial charge >= 0.3 is 0 Å². The quantitative estimate of drug-likeness (QED) is 0.856. The second kappa shape index (κ2) is 6.36. The van der Waals surface area contributed by atoms with Gasteiger partial charge in [0.25, 0.3) is 5.56 Å². The minimum absolute atomic E-state index is 0.0875. The lowest BCUT2D eigenvalue weighted by molar-refractivity contribution is 0.0690. The molecule has 0 aliphatic carbocycles. The molecule has 5 nitrogen and oxygen atoms in total. The van der Waals surface area contributed by atoms with Crippen molar-refractivity contribution in [1.82, 2.24) is 15.3 Å². The summed E-state index contributed by atoms with van der Waals surface area (Å²) in [5.41, 5.74) is 0.654. The molecule has 6 heteroatoms. The molecule has 1 aliphatic rings. The van der Waals surface area contributed by atoms with Gasteiger partial charge in [-0.05, 0) is 0 Å². The summed E-state index contributed by atoms with van der Waals surface area (Å²) in [7, 11) is 0. The van der Waals surface area contributed by atoms with Crippen molar-refractivity contribution in [2.75, 3.05) is 18.1 Å². The Morgan fingerprint density at radius 2 is 2.50 bits per heavy atom. The maximum atomic E-state index is 11.6. The van der Waals surface area contributed by atoms with Crippen molar-refractivity contribution in [2.24, 2.45) is 0 Å². The van der Waals surface area contributed by atoms with Crippen LogP contribution in [-0.4, -0.2) is 34.1 Å². The highest BCUT2D eigenvalue weighted by Gasteiger charge is 2.19. The molecule has 1 aliphatic heterocycles. The maximum Gasteiger partial charge on any atom is 0.251 e. The second-order valence-corrected chi connectivity index (χ2v) is 5.74. The molecule has 0 amide bonds. The van der Waals surface area contributed by atoms with Crippen molar-refractivity contribution in [1.29, 1.82) is 0 Å². The maximum absolute atomic E-state index is 11.6. The van der Waals surface area contributed by atoms with Gasteiger partial charge in [-0.15, -0.1) is 0 Å². The van der Waals surface area contributed by atoms with Gasteiger partial charge in [-0.3, -0.25) is 4.79 Å². The fourth-order valence-corrected chi connectivity index (χ4v) is 2.57. The Bertz CT molecular complexity index is 441. The molecule has 1 unspecified atom stereocenters. The highest BCUT2D eigenvalue weighted by molar-refractivity contribution is 7.99. The summed E-state index contributed by atoms with van der Waals surface area (Å²) in [4.78, 5) is 18.9. The summed E-state index contributed by atoms with van der Waals surface area (Å²) in [5, 5.41) is 3.26. The zero-order chi connectivity index (χ0) is 13.0. The van der Waals surface area contributed by atoms with Gasteiger partial charge in [0.05, 0.1) is 12.3 Å². The van der Waals surface area contributed by atoms with Gasteiger partial charge in [0.2, 0.25) is 0 Å². The monoisotopic (exact) mass is 269 g/mol. The SMILES string of the molecule is CC(C)NCc1cc(=O)[nH]c(C2CSCCO2)n1. The van der Waals surface area contributed by atoms with Crippen LogP contribution in [0.15, 0.2) is 10.9 Å². The van der Waals surface area contributed by atoms with Crippen LogP contribution in [0, 0.1) is 0 Å². The number of ether oxygens (including phenoxy) is 1. The first kappa shape index (κ1) is 13.6. The molecule has 0 saturated carbocycles. The average molecular weight is 269 g/mol. The molecule has 0 spiro atoms. The topological polar surface area (TPSA) is 67.0 Å². The third kappa shape index (κ3) is 3.83. The fourth-order valence-electron chi connectivity index (χ4n) is 1.73. The van der Waals surface area contributed by atoms with E-state index in [1.165, 1.54) is 6.07 Å². The summed E-state index contributed by atoms with van der Waals surface area (Å²) >= 11 is 1.83. The zero-order valence-corrected chi connectivity index (χ0v) is 11.5. The number of nitrogens with zero attached hydrogens (tertiary/aromatic N) is 1. The third-order valence-corrected chi connectivity index (χ3v) is 3.62. The minimum Gasteiger partial charge on any atom is -0.369 e. The average Bonchev–Trinajstić information content (AvgIpc) is 2.37. The van der Waals surface area contributed by atoms with Gasteiger partial charge in [-0.2, -0.15) is 11.8 Å². The van der Waals surface area contributed by atoms with Crippen molar-refractivity contribution < 1.29 is 4.74 Å². The lowest BCUT2D eigenvalue weighted by Crippen LogP contribution is -2.26. The van der Waals surface area contributed by atoms with E-state index in [4.69, 9.17) is 4.74 Å². The van der Waals surface area contributed by atoms with E-state index >= 15 is 0 Å². The molecule has 2 rings (SSSR count). The Labute approximate surface area is 111 Å². The van der Waals surface area contributed by atoms with E-state index in [1.54, 1.807) is 0 Å². The molecule has 0 aromatic carbocycles. The van der Waals surface area contributed by atoms with E-state index in [2.05, 4.69) is 29.1 Å². The highest BCUT2D eigenvalue weighted by atomic mass is 32.2. The second-order valence-electron chi connectivity index (χ2n) is 4.59. The molecule has 1 atom stereocenters. The summed E-state index contributed by atoms with van der Waals surface area (Å²) in [5.74, 6) is 2.51. The Morgan fingerprint density at radius 3 is 3.17 bits per heavy atom. The van der Waals surface area contributed by atoms with E-state index < -0.39 is 0 Å². The summed E-state index contributed by atoms with van der Waals surface area (Å²) in [6.45, 7) is 5.45. The van der Waals surface area contributed by atoms with Crippen LogP contribution in [0.1, 0.15) is 31.5 Å². The number of hydrogen-bond acceptors (Lipinski definition) is 5. The Kier molecular flexibility index (Phi) is 4.79. The van der Waals surface area contributed by atoms with E-state index in [9.17, 15) is 4.79 Å². The first-order chi connectivity index (χ1) is 8.65. The predicted molar refractivity (Wildman–Crippen MR) is 72.9 cm³/mol. The molecular formula is C12H19N3O2S. The van der Waals surface area contributed by atoms with Gasteiger partial charge in [-0.25, -0.2) is 4.98 Å².